The molecular weight excluding hydrogens is 448 g/mol. The van der Waals surface area contributed by atoms with Gasteiger partial charge in [-0.05, 0) is 29.2 Å². The van der Waals surface area contributed by atoms with Gasteiger partial charge in [0.25, 0.3) is 5.91 Å². The van der Waals surface area contributed by atoms with Crippen LogP contribution in [0, 0.1) is 11.8 Å². The van der Waals surface area contributed by atoms with Gasteiger partial charge in [-0.25, -0.2) is 9.59 Å². The highest BCUT2D eigenvalue weighted by molar-refractivity contribution is 5.96. The average Bonchev–Trinajstić information content (AvgIpc) is 3.37. The van der Waals surface area contributed by atoms with Crippen LogP contribution in [-0.4, -0.2) is 45.5 Å². The highest BCUT2D eigenvalue weighted by Gasteiger charge is 2.29. The molecule has 0 spiro atoms. The molecule has 0 saturated heterocycles. The van der Waals surface area contributed by atoms with Gasteiger partial charge in [0.05, 0.1) is 0 Å². The molecule has 1 aliphatic carbocycles. The van der Waals surface area contributed by atoms with Crippen molar-refractivity contribution in [1.29, 1.82) is 0 Å². The number of hydrogen-bond donors (Lipinski definition) is 3. The maximum absolute atomic E-state index is 12.5. The Morgan fingerprint density at radius 2 is 1.74 bits per heavy atom. The van der Waals surface area contributed by atoms with Crippen LogP contribution in [0.2, 0.25) is 0 Å². The first-order chi connectivity index (χ1) is 16.9. The van der Waals surface area contributed by atoms with Crippen LogP contribution < -0.4 is 10.6 Å². The molecule has 0 fully saturated rings. The summed E-state index contributed by atoms with van der Waals surface area (Å²) in [5, 5.41) is 18.3. The molecule has 3 aromatic rings. The first-order valence-electron chi connectivity index (χ1n) is 11.0. The van der Waals surface area contributed by atoms with Gasteiger partial charge in [-0.15, -0.1) is 11.8 Å². The van der Waals surface area contributed by atoms with E-state index in [1.54, 1.807) is 14.0 Å². The first-order valence-corrected chi connectivity index (χ1v) is 11.0. The third-order valence-corrected chi connectivity index (χ3v) is 5.77. The Balaban J connectivity index is 1.40. The molecule has 0 aliphatic heterocycles. The summed E-state index contributed by atoms with van der Waals surface area (Å²) < 4.78 is 6.83. The summed E-state index contributed by atoms with van der Waals surface area (Å²) in [5.74, 6) is 3.49. The number of fused-ring (bicyclic) bond motifs is 3. The number of carbonyl (C=O) groups is 3. The topological polar surface area (TPSA) is 123 Å². The molecule has 0 saturated carbocycles. The van der Waals surface area contributed by atoms with E-state index in [1.807, 2.05) is 36.4 Å². The second-order valence-electron chi connectivity index (χ2n) is 7.98. The van der Waals surface area contributed by atoms with Gasteiger partial charge in [0.1, 0.15) is 18.5 Å². The third-order valence-electron chi connectivity index (χ3n) is 5.77. The van der Waals surface area contributed by atoms with Crippen molar-refractivity contribution in [3.05, 3.63) is 71.4 Å². The molecule has 9 nitrogen and oxygen atoms in total. The molecule has 3 N–H and O–H groups in total. The van der Waals surface area contributed by atoms with Crippen molar-refractivity contribution in [3.63, 3.8) is 0 Å². The van der Waals surface area contributed by atoms with Crippen LogP contribution in [0.5, 0.6) is 0 Å². The summed E-state index contributed by atoms with van der Waals surface area (Å²) in [4.78, 5) is 36.3. The van der Waals surface area contributed by atoms with Gasteiger partial charge >= 0.3 is 12.1 Å². The van der Waals surface area contributed by atoms with Gasteiger partial charge in [-0.1, -0.05) is 48.5 Å². The van der Waals surface area contributed by atoms with E-state index in [-0.39, 0.29) is 30.5 Å². The van der Waals surface area contributed by atoms with Gasteiger partial charge in [0, 0.05) is 25.5 Å². The summed E-state index contributed by atoms with van der Waals surface area (Å²) in [6.45, 7) is 1.73. The van der Waals surface area contributed by atoms with Crippen LogP contribution in [-0.2, 0) is 16.6 Å². The van der Waals surface area contributed by atoms with Gasteiger partial charge < -0.3 is 15.2 Å². The zero-order valence-electron chi connectivity index (χ0n) is 19.2. The number of carboxylic acids is 1. The molecule has 4 rings (SSSR count). The van der Waals surface area contributed by atoms with E-state index < -0.39 is 24.0 Å². The van der Waals surface area contributed by atoms with Crippen molar-refractivity contribution in [2.45, 2.75) is 25.3 Å². The number of ether oxygens (including phenoxy) is 1. The lowest BCUT2D eigenvalue weighted by Gasteiger charge is -2.14. The predicted molar refractivity (Wildman–Crippen MR) is 129 cm³/mol. The Hall–Kier alpha value is -4.58. The maximum Gasteiger partial charge on any atom is 0.412 e. The molecule has 2 aromatic carbocycles. The van der Waals surface area contributed by atoms with Crippen molar-refractivity contribution >= 4 is 23.8 Å². The lowest BCUT2D eigenvalue weighted by Crippen LogP contribution is -2.40. The van der Waals surface area contributed by atoms with Gasteiger partial charge in [-0.3, -0.25) is 14.8 Å². The van der Waals surface area contributed by atoms with E-state index in [2.05, 4.69) is 39.7 Å². The molecule has 2 amide bonds. The number of aromatic nitrogens is 2. The zero-order chi connectivity index (χ0) is 24.9. The second-order valence-corrected chi connectivity index (χ2v) is 7.98. The standard InChI is InChI=1S/C26H24N4O5/c1-3-4-13-21(25(32)33)27-24(31)22-14-23(30(2)29-22)28-26(34)35-15-20-18-11-7-5-9-16(18)17-10-6-8-12-19(17)20/h5-12,14,20-21H,13,15H2,1-2H3,(H,27,31)(H,28,34)(H,32,33). The molecule has 9 heteroatoms. The Morgan fingerprint density at radius 3 is 2.34 bits per heavy atom. The van der Waals surface area contributed by atoms with Crippen LogP contribution in [0.15, 0.2) is 54.6 Å². The van der Waals surface area contributed by atoms with E-state index in [4.69, 9.17) is 4.74 Å². The number of carbonyl (C=O) groups excluding carboxylic acids is 2. The normalized spacial score (nSPS) is 12.5. The Kier molecular flexibility index (Phi) is 6.83. The zero-order valence-corrected chi connectivity index (χ0v) is 19.2. The van der Waals surface area contributed by atoms with Crippen LogP contribution in [0.1, 0.15) is 40.9 Å². The average molecular weight is 473 g/mol. The minimum atomic E-state index is -1.20. The summed E-state index contributed by atoms with van der Waals surface area (Å²) >= 11 is 0. The van der Waals surface area contributed by atoms with E-state index in [0.717, 1.165) is 22.3 Å². The monoisotopic (exact) mass is 472 g/mol. The number of rotatable bonds is 7. The van der Waals surface area contributed by atoms with E-state index in [9.17, 15) is 19.5 Å². The molecule has 1 aromatic heterocycles. The maximum atomic E-state index is 12.5. The minimum absolute atomic E-state index is 0.0325. The quantitative estimate of drug-likeness (QED) is 0.453. The van der Waals surface area contributed by atoms with Crippen molar-refractivity contribution < 1.29 is 24.2 Å². The Labute approximate surface area is 202 Å². The fourth-order valence-electron chi connectivity index (χ4n) is 4.07. The van der Waals surface area contributed by atoms with Crippen molar-refractivity contribution in [2.24, 2.45) is 7.05 Å². The fraction of sp³-hybridized carbons (Fsp3) is 0.231. The molecule has 1 aliphatic rings. The first kappa shape index (κ1) is 23.6. The molecule has 0 bridgehead atoms. The smallest absolute Gasteiger partial charge is 0.412 e. The minimum Gasteiger partial charge on any atom is -0.480 e. The molecule has 1 atom stereocenters. The van der Waals surface area contributed by atoms with Gasteiger partial charge in [-0.2, -0.15) is 5.10 Å². The molecule has 35 heavy (non-hydrogen) atoms. The Bertz CT molecular complexity index is 1310. The number of aryl methyl sites for hydroxylation is 1. The molecular formula is C26H24N4O5. The number of nitrogens with zero attached hydrogens (tertiary/aromatic N) is 2. The summed E-state index contributed by atoms with van der Waals surface area (Å²) in [6.07, 6.45) is -0.724. The third kappa shape index (κ3) is 5.01. The highest BCUT2D eigenvalue weighted by atomic mass is 16.5. The summed E-state index contributed by atoms with van der Waals surface area (Å²) in [5.41, 5.74) is 4.41. The van der Waals surface area contributed by atoms with Crippen molar-refractivity contribution in [3.8, 4) is 23.0 Å². The Morgan fingerprint density at radius 1 is 1.11 bits per heavy atom. The SMILES string of the molecule is CC#CCC(NC(=O)c1cc(NC(=O)OCC2c3ccccc3-c3ccccc32)n(C)n1)C(=O)O. The molecule has 0 radical (unpaired) electrons. The molecule has 178 valence electrons. The van der Waals surface area contributed by atoms with E-state index in [0.29, 0.717) is 0 Å². The molecule has 1 unspecified atom stereocenters. The lowest BCUT2D eigenvalue weighted by atomic mass is 9.98. The number of carboxylic acid groups (broad SMARTS) is 1. The van der Waals surface area contributed by atoms with Crippen LogP contribution in [0.25, 0.3) is 11.1 Å². The second kappa shape index (κ2) is 10.1. The number of aliphatic carboxylic acids is 1. The fourth-order valence-corrected chi connectivity index (χ4v) is 4.07. The number of hydrogen-bond acceptors (Lipinski definition) is 5. The highest BCUT2D eigenvalue weighted by Crippen LogP contribution is 2.44. The van der Waals surface area contributed by atoms with Crippen LogP contribution >= 0.6 is 0 Å². The summed E-state index contributed by atoms with van der Waals surface area (Å²) in [7, 11) is 1.55. The summed E-state index contributed by atoms with van der Waals surface area (Å²) in [6, 6.07) is 16.2. The van der Waals surface area contributed by atoms with Crippen LogP contribution in [0.3, 0.4) is 0 Å². The van der Waals surface area contributed by atoms with E-state index >= 15 is 0 Å². The lowest BCUT2D eigenvalue weighted by molar-refractivity contribution is -0.139. The largest absolute Gasteiger partial charge is 0.480 e. The number of anilines is 1. The number of nitrogens with one attached hydrogen (secondary N) is 2. The predicted octanol–water partition coefficient (Wildman–Crippen LogP) is 3.38. The van der Waals surface area contributed by atoms with E-state index in [1.165, 1.54) is 10.7 Å². The van der Waals surface area contributed by atoms with Gasteiger partial charge in [0.15, 0.2) is 5.69 Å². The van der Waals surface area contributed by atoms with Crippen molar-refractivity contribution in [1.82, 2.24) is 15.1 Å². The number of benzene rings is 2. The van der Waals surface area contributed by atoms with Crippen LogP contribution in [0.4, 0.5) is 10.6 Å². The number of amides is 2. The van der Waals surface area contributed by atoms with Gasteiger partial charge in [0.2, 0.25) is 0 Å². The van der Waals surface area contributed by atoms with Crippen molar-refractivity contribution in [2.75, 3.05) is 11.9 Å². The molecule has 1 heterocycles.